The second-order valence-electron chi connectivity index (χ2n) is 4.79. The van der Waals surface area contributed by atoms with Crippen molar-refractivity contribution in [1.82, 2.24) is 4.98 Å². The molecule has 0 aliphatic carbocycles. The van der Waals surface area contributed by atoms with Crippen LogP contribution in [0.1, 0.15) is 11.3 Å². The Morgan fingerprint density at radius 2 is 1.88 bits per heavy atom. The zero-order valence-corrected chi connectivity index (χ0v) is 13.2. The fraction of sp³-hybridized carbons (Fsp3) is 0.200. The summed E-state index contributed by atoms with van der Waals surface area (Å²) in [6.45, 7) is 1.76. The van der Waals surface area contributed by atoms with E-state index in [1.54, 1.807) is 19.1 Å². The first-order chi connectivity index (χ1) is 11.2. The smallest absolute Gasteiger partial charge is 0.406 e. The van der Waals surface area contributed by atoms with Crippen LogP contribution >= 0.6 is 11.6 Å². The Morgan fingerprint density at radius 3 is 2.46 bits per heavy atom. The summed E-state index contributed by atoms with van der Waals surface area (Å²) in [5.41, 5.74) is 1.79. The quantitative estimate of drug-likeness (QED) is 0.780. The van der Waals surface area contributed by atoms with Crippen molar-refractivity contribution in [3.8, 4) is 5.75 Å². The molecule has 2 rings (SSSR count). The summed E-state index contributed by atoms with van der Waals surface area (Å²) in [6.07, 6.45) is -4.76. The van der Waals surface area contributed by atoms with E-state index in [9.17, 15) is 18.0 Å². The molecule has 0 fully saturated rings. The van der Waals surface area contributed by atoms with E-state index in [0.29, 0.717) is 17.2 Å². The Balaban J connectivity index is 1.98. The molecule has 0 aliphatic heterocycles. The fourth-order valence-corrected chi connectivity index (χ4v) is 2.05. The monoisotopic (exact) mass is 359 g/mol. The van der Waals surface area contributed by atoms with Gasteiger partial charge in [0.1, 0.15) is 11.6 Å². The van der Waals surface area contributed by atoms with Crippen LogP contribution in [0.3, 0.4) is 0 Å². The van der Waals surface area contributed by atoms with Crippen molar-refractivity contribution in [3.05, 3.63) is 47.7 Å². The molecular formula is C15H13ClF3N3O2. The van der Waals surface area contributed by atoms with Crippen molar-refractivity contribution in [2.24, 2.45) is 0 Å². The molecule has 1 aromatic heterocycles. The van der Waals surface area contributed by atoms with Crippen molar-refractivity contribution >= 4 is 29.1 Å². The third-order valence-corrected chi connectivity index (χ3v) is 3.06. The first-order valence-electron chi connectivity index (χ1n) is 6.72. The van der Waals surface area contributed by atoms with Crippen LogP contribution in [-0.4, -0.2) is 17.4 Å². The standard InChI is InChI=1S/C15H13ClF3N3O2/c1-9-6-10(8-16)7-13(20-9)22-14(23)21-11-2-4-12(5-3-11)24-15(17,18)19/h2-7H,8H2,1H3,(H2,20,21,22,23). The highest BCUT2D eigenvalue weighted by molar-refractivity contribution is 6.17. The van der Waals surface area contributed by atoms with E-state index in [4.69, 9.17) is 11.6 Å². The van der Waals surface area contributed by atoms with Crippen molar-refractivity contribution in [2.75, 3.05) is 10.6 Å². The number of nitrogens with one attached hydrogen (secondary N) is 2. The van der Waals surface area contributed by atoms with Crippen LogP contribution in [0.2, 0.25) is 0 Å². The molecule has 0 saturated carbocycles. The molecular weight excluding hydrogens is 347 g/mol. The Morgan fingerprint density at radius 1 is 1.21 bits per heavy atom. The summed E-state index contributed by atoms with van der Waals surface area (Å²) < 4.78 is 40.0. The Labute approximate surface area is 140 Å². The minimum atomic E-state index is -4.76. The molecule has 1 aromatic carbocycles. The first-order valence-corrected chi connectivity index (χ1v) is 7.26. The summed E-state index contributed by atoms with van der Waals surface area (Å²) in [5.74, 6) is 0.223. The van der Waals surface area contributed by atoms with Crippen LogP contribution in [0.25, 0.3) is 0 Å². The fourth-order valence-electron chi connectivity index (χ4n) is 1.90. The molecule has 128 valence electrons. The third kappa shape index (κ3) is 5.62. The average molecular weight is 360 g/mol. The minimum absolute atomic E-state index is 0.278. The average Bonchev–Trinajstić information content (AvgIpc) is 2.47. The number of nitrogens with zero attached hydrogens (tertiary/aromatic N) is 1. The molecule has 0 bridgehead atoms. The third-order valence-electron chi connectivity index (χ3n) is 2.75. The maximum Gasteiger partial charge on any atom is 0.573 e. The van der Waals surface area contributed by atoms with Gasteiger partial charge < -0.3 is 10.1 Å². The maximum atomic E-state index is 12.1. The number of hydrogen-bond acceptors (Lipinski definition) is 3. The van der Waals surface area contributed by atoms with E-state index >= 15 is 0 Å². The van der Waals surface area contributed by atoms with Gasteiger partial charge in [-0.1, -0.05) is 0 Å². The van der Waals surface area contributed by atoms with Gasteiger partial charge in [-0.3, -0.25) is 5.32 Å². The summed E-state index contributed by atoms with van der Waals surface area (Å²) in [4.78, 5) is 16.0. The van der Waals surface area contributed by atoms with Crippen LogP contribution in [0.15, 0.2) is 36.4 Å². The number of hydrogen-bond donors (Lipinski definition) is 2. The Bertz CT molecular complexity index is 721. The van der Waals surface area contributed by atoms with E-state index < -0.39 is 12.4 Å². The Kier molecular flexibility index (Phi) is 5.50. The first kappa shape index (κ1) is 17.9. The van der Waals surface area contributed by atoms with Gasteiger partial charge in [-0.25, -0.2) is 9.78 Å². The lowest BCUT2D eigenvalue weighted by molar-refractivity contribution is -0.274. The predicted molar refractivity (Wildman–Crippen MR) is 84.3 cm³/mol. The van der Waals surface area contributed by atoms with Gasteiger partial charge in [0.05, 0.1) is 0 Å². The lowest BCUT2D eigenvalue weighted by Crippen LogP contribution is -2.20. The van der Waals surface area contributed by atoms with Gasteiger partial charge in [-0.05, 0) is 48.9 Å². The summed E-state index contributed by atoms with van der Waals surface area (Å²) in [5, 5.41) is 5.01. The Hall–Kier alpha value is -2.48. The van der Waals surface area contributed by atoms with E-state index in [1.165, 1.54) is 12.1 Å². The van der Waals surface area contributed by atoms with Gasteiger partial charge in [0.25, 0.3) is 0 Å². The largest absolute Gasteiger partial charge is 0.573 e. The predicted octanol–water partition coefficient (Wildman–Crippen LogP) is 4.67. The number of rotatable bonds is 4. The number of ether oxygens (including phenoxy) is 1. The highest BCUT2D eigenvalue weighted by atomic mass is 35.5. The molecule has 24 heavy (non-hydrogen) atoms. The van der Waals surface area contributed by atoms with Crippen LogP contribution in [0, 0.1) is 6.92 Å². The molecule has 2 amide bonds. The number of carbonyl (C=O) groups is 1. The molecule has 2 aromatic rings. The molecule has 9 heteroatoms. The van der Waals surface area contributed by atoms with Crippen molar-refractivity contribution in [2.45, 2.75) is 19.2 Å². The second-order valence-corrected chi connectivity index (χ2v) is 5.05. The number of anilines is 2. The number of carbonyl (C=O) groups excluding carboxylic acids is 1. The van der Waals surface area contributed by atoms with E-state index in [0.717, 1.165) is 17.7 Å². The van der Waals surface area contributed by atoms with Gasteiger partial charge >= 0.3 is 12.4 Å². The van der Waals surface area contributed by atoms with Crippen molar-refractivity contribution in [1.29, 1.82) is 0 Å². The lowest BCUT2D eigenvalue weighted by Gasteiger charge is -2.11. The van der Waals surface area contributed by atoms with Gasteiger partial charge in [-0.15, -0.1) is 24.8 Å². The molecule has 0 unspecified atom stereocenters. The highest BCUT2D eigenvalue weighted by Gasteiger charge is 2.30. The van der Waals surface area contributed by atoms with Crippen LogP contribution in [-0.2, 0) is 5.88 Å². The van der Waals surface area contributed by atoms with E-state index in [2.05, 4.69) is 20.4 Å². The molecule has 0 saturated heterocycles. The number of amides is 2. The summed E-state index contributed by atoms with van der Waals surface area (Å²) in [6, 6.07) is 7.59. The molecule has 0 aliphatic rings. The van der Waals surface area contributed by atoms with Crippen LogP contribution in [0.4, 0.5) is 29.5 Å². The van der Waals surface area contributed by atoms with Gasteiger partial charge in [0.15, 0.2) is 0 Å². The molecule has 0 spiro atoms. The van der Waals surface area contributed by atoms with Crippen LogP contribution in [0.5, 0.6) is 5.75 Å². The summed E-state index contributed by atoms with van der Waals surface area (Å²) >= 11 is 5.75. The highest BCUT2D eigenvalue weighted by Crippen LogP contribution is 2.24. The van der Waals surface area contributed by atoms with E-state index in [-0.39, 0.29) is 11.6 Å². The number of aromatic nitrogens is 1. The number of aryl methyl sites for hydroxylation is 1. The second kappa shape index (κ2) is 7.39. The van der Waals surface area contributed by atoms with Gasteiger partial charge in [-0.2, -0.15) is 0 Å². The molecule has 0 radical (unpaired) electrons. The SMILES string of the molecule is Cc1cc(CCl)cc(NC(=O)Nc2ccc(OC(F)(F)F)cc2)n1. The zero-order valence-electron chi connectivity index (χ0n) is 12.4. The summed E-state index contributed by atoms with van der Waals surface area (Å²) in [7, 11) is 0. The maximum absolute atomic E-state index is 12.1. The van der Waals surface area contributed by atoms with Crippen molar-refractivity contribution in [3.63, 3.8) is 0 Å². The van der Waals surface area contributed by atoms with Crippen molar-refractivity contribution < 1.29 is 22.7 Å². The molecule has 0 atom stereocenters. The lowest BCUT2D eigenvalue weighted by atomic mass is 10.2. The number of urea groups is 1. The van der Waals surface area contributed by atoms with Gasteiger partial charge in [0.2, 0.25) is 0 Å². The minimum Gasteiger partial charge on any atom is -0.406 e. The topological polar surface area (TPSA) is 63.2 Å². The molecule has 5 nitrogen and oxygen atoms in total. The normalized spacial score (nSPS) is 11.0. The molecule has 1 heterocycles. The number of pyridine rings is 1. The number of alkyl halides is 4. The molecule has 2 N–H and O–H groups in total. The van der Waals surface area contributed by atoms with E-state index in [1.807, 2.05) is 0 Å². The van der Waals surface area contributed by atoms with Gasteiger partial charge in [0, 0.05) is 17.3 Å². The number of halogens is 4. The zero-order chi connectivity index (χ0) is 17.7. The number of benzene rings is 1. The van der Waals surface area contributed by atoms with Crippen LogP contribution < -0.4 is 15.4 Å².